The fourth-order valence-corrected chi connectivity index (χ4v) is 1.50. The minimum absolute atomic E-state index is 0.456. The van der Waals surface area contributed by atoms with Gasteiger partial charge in [-0.2, -0.15) is 5.26 Å². The molecule has 13 heavy (non-hydrogen) atoms. The van der Waals surface area contributed by atoms with Crippen LogP contribution in [-0.4, -0.2) is 0 Å². The van der Waals surface area contributed by atoms with E-state index in [1.165, 1.54) is 6.07 Å². The maximum absolute atomic E-state index is 12.9. The standard InChI is InChI=1S/C7Cl3F2N/c8-3-2(1-13)4(9)7(12)5(10)6(3)11. The second-order valence-electron chi connectivity index (χ2n) is 2.06. The van der Waals surface area contributed by atoms with Gasteiger partial charge in [-0.3, -0.25) is 0 Å². The highest BCUT2D eigenvalue weighted by Crippen LogP contribution is 2.35. The third kappa shape index (κ3) is 1.58. The van der Waals surface area contributed by atoms with E-state index in [-0.39, 0.29) is 0 Å². The van der Waals surface area contributed by atoms with E-state index in [2.05, 4.69) is 0 Å². The van der Waals surface area contributed by atoms with Crippen molar-refractivity contribution in [1.29, 1.82) is 5.26 Å². The zero-order valence-electron chi connectivity index (χ0n) is 5.84. The maximum atomic E-state index is 12.9. The number of halogens is 5. The highest BCUT2D eigenvalue weighted by atomic mass is 35.5. The number of hydrogen-bond acceptors (Lipinski definition) is 1. The van der Waals surface area contributed by atoms with Crippen molar-refractivity contribution >= 4 is 34.8 Å². The molecule has 0 aliphatic carbocycles. The first-order valence-electron chi connectivity index (χ1n) is 2.92. The summed E-state index contributed by atoms with van der Waals surface area (Å²) in [6.07, 6.45) is 0. The lowest BCUT2D eigenvalue weighted by atomic mass is 10.2. The Morgan fingerprint density at radius 2 is 1.31 bits per heavy atom. The van der Waals surface area contributed by atoms with E-state index in [1.54, 1.807) is 0 Å². The zero-order chi connectivity index (χ0) is 10.2. The van der Waals surface area contributed by atoms with Crippen molar-refractivity contribution in [2.24, 2.45) is 0 Å². The minimum atomic E-state index is -1.18. The Morgan fingerprint density at radius 3 is 1.62 bits per heavy atom. The zero-order valence-corrected chi connectivity index (χ0v) is 8.10. The number of benzene rings is 1. The second-order valence-corrected chi connectivity index (χ2v) is 3.19. The predicted octanol–water partition coefficient (Wildman–Crippen LogP) is 3.80. The average Bonchev–Trinajstić information content (AvgIpc) is 2.13. The maximum Gasteiger partial charge on any atom is 0.164 e. The van der Waals surface area contributed by atoms with Crippen molar-refractivity contribution in [3.05, 3.63) is 32.3 Å². The van der Waals surface area contributed by atoms with Gasteiger partial charge in [-0.15, -0.1) is 0 Å². The van der Waals surface area contributed by atoms with Gasteiger partial charge in [-0.05, 0) is 0 Å². The molecular formula is C7Cl3F2N. The van der Waals surface area contributed by atoms with E-state index < -0.39 is 32.3 Å². The summed E-state index contributed by atoms with van der Waals surface area (Å²) < 4.78 is 25.8. The molecule has 1 nitrogen and oxygen atoms in total. The molecule has 0 bridgehead atoms. The number of nitriles is 1. The van der Waals surface area contributed by atoms with Crippen molar-refractivity contribution in [3.63, 3.8) is 0 Å². The summed E-state index contributed by atoms with van der Waals surface area (Å²) in [5.41, 5.74) is -0.456. The number of nitrogens with zero attached hydrogens (tertiary/aromatic N) is 1. The molecule has 68 valence electrons. The molecule has 6 heteroatoms. The van der Waals surface area contributed by atoms with Crippen LogP contribution < -0.4 is 0 Å². The Morgan fingerprint density at radius 1 is 0.923 bits per heavy atom. The van der Waals surface area contributed by atoms with Gasteiger partial charge in [0.25, 0.3) is 0 Å². The van der Waals surface area contributed by atoms with E-state index in [9.17, 15) is 8.78 Å². The van der Waals surface area contributed by atoms with Gasteiger partial charge < -0.3 is 0 Å². The molecule has 0 amide bonds. The minimum Gasteiger partial charge on any atom is -0.204 e. The molecule has 0 fully saturated rings. The van der Waals surface area contributed by atoms with Gasteiger partial charge in [-0.1, -0.05) is 34.8 Å². The van der Waals surface area contributed by atoms with Gasteiger partial charge in [0.15, 0.2) is 11.6 Å². The van der Waals surface area contributed by atoms with Crippen LogP contribution in [0.4, 0.5) is 8.78 Å². The third-order valence-electron chi connectivity index (χ3n) is 1.32. The van der Waals surface area contributed by atoms with Gasteiger partial charge in [0.2, 0.25) is 0 Å². The van der Waals surface area contributed by atoms with Gasteiger partial charge in [0, 0.05) is 0 Å². The smallest absolute Gasteiger partial charge is 0.164 e. The second kappa shape index (κ2) is 3.67. The normalized spacial score (nSPS) is 9.85. The lowest BCUT2D eigenvalue weighted by Crippen LogP contribution is -1.92. The molecule has 1 rings (SSSR count). The summed E-state index contributed by atoms with van der Waals surface area (Å²) in [6, 6.07) is 1.47. The molecule has 0 atom stereocenters. The van der Waals surface area contributed by atoms with Crippen molar-refractivity contribution in [1.82, 2.24) is 0 Å². The predicted molar refractivity (Wildman–Crippen MR) is 46.1 cm³/mol. The summed E-state index contributed by atoms with van der Waals surface area (Å²) >= 11 is 15.9. The summed E-state index contributed by atoms with van der Waals surface area (Å²) in [6.45, 7) is 0. The average molecular weight is 242 g/mol. The fraction of sp³-hybridized carbons (Fsp3) is 0. The topological polar surface area (TPSA) is 23.8 Å². The molecule has 0 spiro atoms. The van der Waals surface area contributed by atoms with Crippen molar-refractivity contribution in [2.75, 3.05) is 0 Å². The van der Waals surface area contributed by atoms with Gasteiger partial charge in [-0.25, -0.2) is 8.78 Å². The molecule has 0 aliphatic heterocycles. The molecule has 0 N–H and O–H groups in total. The summed E-state index contributed by atoms with van der Waals surface area (Å²) in [4.78, 5) is 0. The Balaban J connectivity index is 3.69. The van der Waals surface area contributed by atoms with Crippen molar-refractivity contribution in [2.45, 2.75) is 0 Å². The largest absolute Gasteiger partial charge is 0.204 e. The van der Waals surface area contributed by atoms with Crippen LogP contribution in [0, 0.1) is 23.0 Å². The van der Waals surface area contributed by atoms with Crippen LogP contribution in [0.5, 0.6) is 0 Å². The van der Waals surface area contributed by atoms with Crippen LogP contribution in [0.1, 0.15) is 5.56 Å². The first kappa shape index (κ1) is 10.5. The van der Waals surface area contributed by atoms with E-state index in [1.807, 2.05) is 0 Å². The Bertz CT molecular complexity index is 382. The Labute approximate surface area is 87.4 Å². The van der Waals surface area contributed by atoms with Crippen molar-refractivity contribution < 1.29 is 8.78 Å². The number of rotatable bonds is 0. The van der Waals surface area contributed by atoms with Crippen LogP contribution >= 0.6 is 34.8 Å². The van der Waals surface area contributed by atoms with E-state index in [0.29, 0.717) is 0 Å². The summed E-state index contributed by atoms with van der Waals surface area (Å²) in [5, 5.41) is 6.49. The molecular weight excluding hydrogens is 242 g/mol. The molecule has 0 saturated carbocycles. The monoisotopic (exact) mass is 241 g/mol. The van der Waals surface area contributed by atoms with Crippen LogP contribution in [0.15, 0.2) is 0 Å². The van der Waals surface area contributed by atoms with Crippen LogP contribution in [-0.2, 0) is 0 Å². The molecule has 0 unspecified atom stereocenters. The lowest BCUT2D eigenvalue weighted by molar-refractivity contribution is 0.584. The molecule has 0 heterocycles. The Hall–Kier alpha value is -0.560. The molecule has 0 radical (unpaired) electrons. The third-order valence-corrected chi connectivity index (χ3v) is 2.36. The first-order chi connectivity index (χ1) is 6.00. The molecule has 0 aromatic heterocycles. The SMILES string of the molecule is N#Cc1c(Cl)c(F)c(Cl)c(F)c1Cl. The molecule has 0 aliphatic rings. The summed E-state index contributed by atoms with van der Waals surface area (Å²) in [7, 11) is 0. The lowest BCUT2D eigenvalue weighted by Gasteiger charge is -2.03. The van der Waals surface area contributed by atoms with Crippen LogP contribution in [0.2, 0.25) is 15.1 Å². The molecule has 1 aromatic carbocycles. The Kier molecular flexibility index (Phi) is 2.97. The number of hydrogen-bond donors (Lipinski definition) is 0. The van der Waals surface area contributed by atoms with Crippen LogP contribution in [0.25, 0.3) is 0 Å². The van der Waals surface area contributed by atoms with E-state index in [4.69, 9.17) is 40.1 Å². The molecule has 1 aromatic rings. The van der Waals surface area contributed by atoms with E-state index >= 15 is 0 Å². The van der Waals surface area contributed by atoms with Crippen molar-refractivity contribution in [3.8, 4) is 6.07 Å². The fourth-order valence-electron chi connectivity index (χ4n) is 0.703. The first-order valence-corrected chi connectivity index (χ1v) is 4.05. The quantitative estimate of drug-likeness (QED) is 0.501. The summed E-state index contributed by atoms with van der Waals surface area (Å²) in [5.74, 6) is -2.36. The van der Waals surface area contributed by atoms with E-state index in [0.717, 1.165) is 0 Å². The highest BCUT2D eigenvalue weighted by Gasteiger charge is 2.21. The van der Waals surface area contributed by atoms with Gasteiger partial charge in [0.05, 0.1) is 15.6 Å². The molecule has 0 saturated heterocycles. The highest BCUT2D eigenvalue weighted by molar-refractivity contribution is 6.40. The van der Waals surface area contributed by atoms with Crippen LogP contribution in [0.3, 0.4) is 0 Å². The van der Waals surface area contributed by atoms with Gasteiger partial charge in [0.1, 0.15) is 11.1 Å². The van der Waals surface area contributed by atoms with Gasteiger partial charge >= 0.3 is 0 Å².